The van der Waals surface area contributed by atoms with Gasteiger partial charge in [0.25, 0.3) is 0 Å². The summed E-state index contributed by atoms with van der Waals surface area (Å²) >= 11 is 0. The van der Waals surface area contributed by atoms with Gasteiger partial charge < -0.3 is 28.3 Å². The highest BCUT2D eigenvalue weighted by atomic mass is 16.5. The molecule has 1 aromatic heterocycles. The monoisotopic (exact) mass is 424 g/mol. The van der Waals surface area contributed by atoms with Gasteiger partial charge in [-0.1, -0.05) is 0 Å². The largest absolute Gasteiger partial charge is 0.497 e. The predicted octanol–water partition coefficient (Wildman–Crippen LogP) is 2.90. The van der Waals surface area contributed by atoms with Crippen LogP contribution in [0.5, 0.6) is 5.75 Å². The number of ether oxygens (including phenoxy) is 4. The summed E-state index contributed by atoms with van der Waals surface area (Å²) in [6, 6.07) is 12.6. The number of methoxy groups -OCH3 is 3. The first-order valence-electron chi connectivity index (χ1n) is 9.35. The summed E-state index contributed by atoms with van der Waals surface area (Å²) in [5, 5.41) is 0. The molecule has 9 heteroatoms. The Morgan fingerprint density at radius 2 is 1.74 bits per heavy atom. The second-order valence-electron chi connectivity index (χ2n) is 6.62. The number of aromatic nitrogens is 1. The lowest BCUT2D eigenvalue weighted by molar-refractivity contribution is -0.140. The summed E-state index contributed by atoms with van der Waals surface area (Å²) in [5.74, 6) is -0.142. The normalized spacial score (nSPS) is 14.0. The fourth-order valence-electron chi connectivity index (χ4n) is 3.29. The standard InChI is InChI=1S/C22H20N2O7/c1-27-15-7-4-13(5-8-15)20-23-17-10-14(6-9-18(17)31-20)24-12-30-11-16(21(25)28-2)19(24)22(26)29-3/h4-10H,11-12H2,1-3H3. The maximum atomic E-state index is 12.5. The number of nitrogens with zero attached hydrogens (tertiary/aromatic N) is 2. The third kappa shape index (κ3) is 3.82. The molecule has 0 spiro atoms. The van der Waals surface area contributed by atoms with Crippen LogP contribution in [0, 0.1) is 0 Å². The number of benzene rings is 2. The highest BCUT2D eigenvalue weighted by Gasteiger charge is 2.32. The molecule has 0 bridgehead atoms. The molecular formula is C22H20N2O7. The summed E-state index contributed by atoms with van der Waals surface area (Å²) in [6.07, 6.45) is 0. The molecule has 0 saturated carbocycles. The van der Waals surface area contributed by atoms with Crippen LogP contribution in [0.1, 0.15) is 0 Å². The van der Waals surface area contributed by atoms with Crippen LogP contribution in [0.25, 0.3) is 22.6 Å². The SMILES string of the molecule is COC(=O)C1=C(C(=O)OC)N(c2ccc3oc(-c4ccc(OC)cc4)nc3c2)COC1. The zero-order valence-corrected chi connectivity index (χ0v) is 17.2. The lowest BCUT2D eigenvalue weighted by Gasteiger charge is -2.31. The Morgan fingerprint density at radius 3 is 2.42 bits per heavy atom. The summed E-state index contributed by atoms with van der Waals surface area (Å²) in [5.41, 5.74) is 2.69. The summed E-state index contributed by atoms with van der Waals surface area (Å²) in [7, 11) is 4.09. The van der Waals surface area contributed by atoms with Crippen molar-refractivity contribution in [2.75, 3.05) is 39.6 Å². The molecule has 160 valence electrons. The van der Waals surface area contributed by atoms with Gasteiger partial charge in [0.1, 0.15) is 23.7 Å². The molecule has 0 unspecified atom stereocenters. The van der Waals surface area contributed by atoms with Crippen molar-refractivity contribution in [3.05, 3.63) is 53.7 Å². The van der Waals surface area contributed by atoms with Gasteiger partial charge in [0.2, 0.25) is 5.89 Å². The van der Waals surface area contributed by atoms with E-state index in [-0.39, 0.29) is 24.6 Å². The molecule has 2 aromatic carbocycles. The van der Waals surface area contributed by atoms with E-state index in [1.165, 1.54) is 14.2 Å². The van der Waals surface area contributed by atoms with Crippen LogP contribution in [0.15, 0.2) is 58.2 Å². The van der Waals surface area contributed by atoms with E-state index in [0.717, 1.165) is 11.3 Å². The maximum absolute atomic E-state index is 12.5. The van der Waals surface area contributed by atoms with E-state index in [2.05, 4.69) is 4.98 Å². The zero-order valence-electron chi connectivity index (χ0n) is 17.2. The first-order valence-corrected chi connectivity index (χ1v) is 9.35. The number of rotatable bonds is 5. The third-order valence-corrected chi connectivity index (χ3v) is 4.85. The molecule has 0 fully saturated rings. The Bertz CT molecular complexity index is 1160. The van der Waals surface area contributed by atoms with Crippen molar-refractivity contribution in [1.29, 1.82) is 0 Å². The van der Waals surface area contributed by atoms with Crippen LogP contribution in [0.4, 0.5) is 5.69 Å². The molecule has 0 saturated heterocycles. The Labute approximate surface area is 177 Å². The topological polar surface area (TPSA) is 100 Å². The minimum atomic E-state index is -0.664. The second-order valence-corrected chi connectivity index (χ2v) is 6.62. The van der Waals surface area contributed by atoms with Crippen molar-refractivity contribution in [1.82, 2.24) is 4.98 Å². The van der Waals surface area contributed by atoms with Crippen LogP contribution in [-0.2, 0) is 23.8 Å². The molecule has 1 aliphatic rings. The van der Waals surface area contributed by atoms with Crippen LogP contribution in [-0.4, -0.2) is 51.6 Å². The number of esters is 2. The van der Waals surface area contributed by atoms with Gasteiger partial charge in [-0.25, -0.2) is 14.6 Å². The number of oxazole rings is 1. The molecule has 0 radical (unpaired) electrons. The molecule has 9 nitrogen and oxygen atoms in total. The minimum Gasteiger partial charge on any atom is -0.497 e. The van der Waals surface area contributed by atoms with Crippen molar-refractivity contribution >= 4 is 28.7 Å². The van der Waals surface area contributed by atoms with Crippen LogP contribution >= 0.6 is 0 Å². The van der Waals surface area contributed by atoms with Crippen LogP contribution in [0.2, 0.25) is 0 Å². The van der Waals surface area contributed by atoms with Crippen molar-refractivity contribution < 1.29 is 33.0 Å². The van der Waals surface area contributed by atoms with Gasteiger partial charge in [-0.3, -0.25) is 0 Å². The Morgan fingerprint density at radius 1 is 1.00 bits per heavy atom. The Kier molecular flexibility index (Phi) is 5.59. The zero-order chi connectivity index (χ0) is 22.0. The Hall–Kier alpha value is -3.85. The van der Waals surface area contributed by atoms with Crippen LogP contribution < -0.4 is 9.64 Å². The summed E-state index contributed by atoms with van der Waals surface area (Å²) < 4.78 is 26.2. The molecule has 0 atom stereocenters. The van der Waals surface area contributed by atoms with E-state index in [0.29, 0.717) is 22.7 Å². The van der Waals surface area contributed by atoms with Crippen molar-refractivity contribution in [3.63, 3.8) is 0 Å². The van der Waals surface area contributed by atoms with Crippen LogP contribution in [0.3, 0.4) is 0 Å². The molecule has 0 aliphatic carbocycles. The first-order chi connectivity index (χ1) is 15.0. The van der Waals surface area contributed by atoms with Crippen molar-refractivity contribution in [3.8, 4) is 17.2 Å². The molecule has 0 amide bonds. The quantitative estimate of drug-likeness (QED) is 0.572. The van der Waals surface area contributed by atoms with Crippen molar-refractivity contribution in [2.45, 2.75) is 0 Å². The predicted molar refractivity (Wildman–Crippen MR) is 110 cm³/mol. The molecule has 4 rings (SSSR count). The van der Waals surface area contributed by atoms with E-state index < -0.39 is 11.9 Å². The molecule has 0 N–H and O–H groups in total. The van der Waals surface area contributed by atoms with E-state index in [1.807, 2.05) is 24.3 Å². The minimum absolute atomic E-state index is 0.0541. The fraction of sp³-hybridized carbons (Fsp3) is 0.227. The third-order valence-electron chi connectivity index (χ3n) is 4.85. The summed E-state index contributed by atoms with van der Waals surface area (Å²) in [6.45, 7) is 0.00104. The van der Waals surface area contributed by atoms with Gasteiger partial charge >= 0.3 is 11.9 Å². The maximum Gasteiger partial charge on any atom is 0.355 e. The number of carbonyl (C=O) groups is 2. The van der Waals surface area contributed by atoms with E-state index in [4.69, 9.17) is 23.4 Å². The lowest BCUT2D eigenvalue weighted by Crippen LogP contribution is -2.38. The highest BCUT2D eigenvalue weighted by molar-refractivity contribution is 6.03. The molecule has 31 heavy (non-hydrogen) atoms. The number of anilines is 1. The van der Waals surface area contributed by atoms with E-state index >= 15 is 0 Å². The van der Waals surface area contributed by atoms with Gasteiger partial charge in [-0.05, 0) is 42.5 Å². The smallest absolute Gasteiger partial charge is 0.355 e. The number of hydrogen-bond donors (Lipinski definition) is 0. The highest BCUT2D eigenvalue weighted by Crippen LogP contribution is 2.31. The lowest BCUT2D eigenvalue weighted by atomic mass is 10.1. The van der Waals surface area contributed by atoms with Crippen molar-refractivity contribution in [2.24, 2.45) is 0 Å². The first kappa shape index (κ1) is 20.4. The number of fused-ring (bicyclic) bond motifs is 1. The van der Waals surface area contributed by atoms with Gasteiger partial charge in [0.15, 0.2) is 5.58 Å². The molecule has 3 aromatic rings. The molecule has 1 aliphatic heterocycles. The van der Waals surface area contributed by atoms with Gasteiger partial charge in [0.05, 0.1) is 33.5 Å². The number of hydrogen-bond acceptors (Lipinski definition) is 9. The fourth-order valence-corrected chi connectivity index (χ4v) is 3.29. The average molecular weight is 424 g/mol. The molecule has 2 heterocycles. The van der Waals surface area contributed by atoms with E-state index in [9.17, 15) is 9.59 Å². The summed E-state index contributed by atoms with van der Waals surface area (Å²) in [4.78, 5) is 30.7. The average Bonchev–Trinajstić information content (AvgIpc) is 3.26. The van der Waals surface area contributed by atoms with Gasteiger partial charge in [0, 0.05) is 11.3 Å². The van der Waals surface area contributed by atoms with Gasteiger partial charge in [-0.2, -0.15) is 0 Å². The number of carbonyl (C=O) groups excluding carboxylic acids is 2. The van der Waals surface area contributed by atoms with Gasteiger partial charge in [-0.15, -0.1) is 0 Å². The second kappa shape index (κ2) is 8.49. The molecular weight excluding hydrogens is 404 g/mol. The Balaban J connectivity index is 1.74. The van der Waals surface area contributed by atoms with E-state index in [1.54, 1.807) is 30.2 Å².